The van der Waals surface area contributed by atoms with E-state index in [4.69, 9.17) is 4.74 Å². The number of carbonyl (C=O) groups is 1. The Labute approximate surface area is 187 Å². The number of fused-ring (bicyclic) bond motifs is 1. The number of ether oxygens (including phenoxy) is 1. The molecular weight excluding hydrogens is 404 g/mol. The summed E-state index contributed by atoms with van der Waals surface area (Å²) in [6.45, 7) is 3.13. The summed E-state index contributed by atoms with van der Waals surface area (Å²) in [7, 11) is 0. The Hall–Kier alpha value is -3.32. The largest absolute Gasteiger partial charge is 0.477 e. The minimum absolute atomic E-state index is 0.195. The lowest BCUT2D eigenvalue weighted by molar-refractivity contribution is -0.129. The molecule has 1 amide bonds. The summed E-state index contributed by atoms with van der Waals surface area (Å²) in [5, 5.41) is 17.7. The molecule has 0 bridgehead atoms. The summed E-state index contributed by atoms with van der Waals surface area (Å²) < 4.78 is 7.85. The normalized spacial score (nSPS) is 19.6. The van der Waals surface area contributed by atoms with Crippen molar-refractivity contribution in [1.82, 2.24) is 15.1 Å². The van der Waals surface area contributed by atoms with Crippen molar-refractivity contribution < 1.29 is 14.6 Å². The van der Waals surface area contributed by atoms with Crippen LogP contribution in [0.1, 0.15) is 25.3 Å². The van der Waals surface area contributed by atoms with Crippen molar-refractivity contribution in [3.63, 3.8) is 0 Å². The Balaban J connectivity index is 1.29. The first-order valence-electron chi connectivity index (χ1n) is 11.1. The van der Waals surface area contributed by atoms with Crippen molar-refractivity contribution in [2.24, 2.45) is 5.92 Å². The van der Waals surface area contributed by atoms with Gasteiger partial charge in [-0.3, -0.25) is 4.79 Å². The molecule has 2 aliphatic rings. The summed E-state index contributed by atoms with van der Waals surface area (Å²) in [5.41, 5.74) is 2.24. The molecule has 7 heteroatoms. The van der Waals surface area contributed by atoms with Crippen molar-refractivity contribution in [3.05, 3.63) is 72.6 Å². The molecule has 166 valence electrons. The molecule has 2 N–H and O–H groups in total. The second kappa shape index (κ2) is 8.31. The van der Waals surface area contributed by atoms with Crippen LogP contribution in [0, 0.1) is 5.92 Å². The number of rotatable bonds is 7. The van der Waals surface area contributed by atoms with Crippen molar-refractivity contribution in [2.45, 2.75) is 38.0 Å². The first-order chi connectivity index (χ1) is 15.5. The summed E-state index contributed by atoms with van der Waals surface area (Å²) in [5.74, 6) is 0.775. The Morgan fingerprint density at radius 1 is 1.19 bits per heavy atom. The maximum atomic E-state index is 12.9. The highest BCUT2D eigenvalue weighted by Crippen LogP contribution is 2.39. The number of nitrogens with one attached hydrogen (secondary N) is 1. The van der Waals surface area contributed by atoms with Crippen LogP contribution in [-0.4, -0.2) is 45.6 Å². The molecule has 3 aromatic rings. The summed E-state index contributed by atoms with van der Waals surface area (Å²) in [4.78, 5) is 15.1. The van der Waals surface area contributed by atoms with E-state index in [9.17, 15) is 9.90 Å². The Morgan fingerprint density at radius 2 is 1.97 bits per heavy atom. The number of anilines is 1. The van der Waals surface area contributed by atoms with Gasteiger partial charge in [0.15, 0.2) is 6.10 Å². The molecule has 1 fully saturated rings. The third kappa shape index (κ3) is 4.34. The molecule has 1 saturated carbocycles. The van der Waals surface area contributed by atoms with Gasteiger partial charge in [0, 0.05) is 25.5 Å². The average Bonchev–Trinajstić information content (AvgIpc) is 3.54. The van der Waals surface area contributed by atoms with Crippen LogP contribution in [0.15, 0.2) is 67.0 Å². The predicted molar refractivity (Wildman–Crippen MR) is 122 cm³/mol. The molecule has 0 saturated heterocycles. The van der Waals surface area contributed by atoms with E-state index in [2.05, 4.69) is 27.4 Å². The topological polar surface area (TPSA) is 79.6 Å². The quantitative estimate of drug-likeness (QED) is 0.600. The summed E-state index contributed by atoms with van der Waals surface area (Å²) in [6.07, 6.45) is 5.07. The fourth-order valence-corrected chi connectivity index (χ4v) is 4.22. The van der Waals surface area contributed by atoms with Crippen molar-refractivity contribution in [2.75, 3.05) is 18.0 Å². The zero-order chi connectivity index (χ0) is 22.1. The van der Waals surface area contributed by atoms with E-state index < -0.39 is 11.7 Å². The van der Waals surface area contributed by atoms with E-state index in [0.29, 0.717) is 18.8 Å². The SMILES string of the molecule is CC(O)(CNC(=O)C1CN(Cc2ccc(-n3cccn3)cc2)c2ccccc2O1)C1CC1. The van der Waals surface area contributed by atoms with Gasteiger partial charge in [0.1, 0.15) is 5.75 Å². The summed E-state index contributed by atoms with van der Waals surface area (Å²) >= 11 is 0. The highest BCUT2D eigenvalue weighted by atomic mass is 16.5. The third-order valence-corrected chi connectivity index (χ3v) is 6.31. The number of nitrogens with zero attached hydrogens (tertiary/aromatic N) is 3. The van der Waals surface area contributed by atoms with Gasteiger partial charge in [0.25, 0.3) is 5.91 Å². The van der Waals surface area contributed by atoms with Gasteiger partial charge in [-0.1, -0.05) is 24.3 Å². The second-order valence-electron chi connectivity index (χ2n) is 8.92. The molecule has 1 aromatic heterocycles. The molecule has 2 unspecified atom stereocenters. The minimum atomic E-state index is -0.863. The monoisotopic (exact) mass is 432 g/mol. The van der Waals surface area contributed by atoms with Gasteiger partial charge < -0.3 is 20.1 Å². The van der Waals surface area contributed by atoms with E-state index >= 15 is 0 Å². The maximum Gasteiger partial charge on any atom is 0.263 e. The summed E-state index contributed by atoms with van der Waals surface area (Å²) in [6, 6.07) is 17.9. The van der Waals surface area contributed by atoms with E-state index in [1.807, 2.05) is 53.3 Å². The fraction of sp³-hybridized carbons (Fsp3) is 0.360. The fourth-order valence-electron chi connectivity index (χ4n) is 4.22. The lowest BCUT2D eigenvalue weighted by Crippen LogP contribution is -2.52. The number of benzene rings is 2. The van der Waals surface area contributed by atoms with Gasteiger partial charge in [0.2, 0.25) is 0 Å². The van der Waals surface area contributed by atoms with Crippen LogP contribution in [-0.2, 0) is 11.3 Å². The number of hydrogen-bond donors (Lipinski definition) is 2. The van der Waals surface area contributed by atoms with Gasteiger partial charge in [-0.05, 0) is 61.6 Å². The van der Waals surface area contributed by atoms with Crippen LogP contribution >= 0.6 is 0 Å². The van der Waals surface area contributed by atoms with Crippen molar-refractivity contribution in [3.8, 4) is 11.4 Å². The van der Waals surface area contributed by atoms with Crippen LogP contribution in [0.4, 0.5) is 5.69 Å². The number of aromatic nitrogens is 2. The van der Waals surface area contributed by atoms with Gasteiger partial charge in [-0.2, -0.15) is 5.10 Å². The lowest BCUT2D eigenvalue weighted by atomic mass is 10.0. The number of aliphatic hydroxyl groups is 1. The smallest absolute Gasteiger partial charge is 0.263 e. The van der Waals surface area contributed by atoms with Crippen LogP contribution in [0.5, 0.6) is 5.75 Å². The molecule has 7 nitrogen and oxygen atoms in total. The van der Waals surface area contributed by atoms with Gasteiger partial charge >= 0.3 is 0 Å². The number of carbonyl (C=O) groups excluding carboxylic acids is 1. The zero-order valence-electron chi connectivity index (χ0n) is 18.1. The molecule has 5 rings (SSSR count). The zero-order valence-corrected chi connectivity index (χ0v) is 18.1. The lowest BCUT2D eigenvalue weighted by Gasteiger charge is -2.36. The Morgan fingerprint density at radius 3 is 2.69 bits per heavy atom. The molecule has 2 heterocycles. The Bertz CT molecular complexity index is 1070. The maximum absolute atomic E-state index is 12.9. The van der Waals surface area contributed by atoms with E-state index in [-0.39, 0.29) is 18.4 Å². The Kier molecular flexibility index (Phi) is 5.35. The van der Waals surface area contributed by atoms with E-state index in [0.717, 1.165) is 29.8 Å². The number of para-hydroxylation sites is 2. The molecule has 1 aliphatic carbocycles. The van der Waals surface area contributed by atoms with Crippen molar-refractivity contribution in [1.29, 1.82) is 0 Å². The van der Waals surface area contributed by atoms with Gasteiger partial charge in [-0.15, -0.1) is 0 Å². The standard InChI is InChI=1S/C25H28N4O3/c1-25(31,19-9-10-19)17-26-24(30)23-16-28(21-5-2-3-6-22(21)32-23)15-18-7-11-20(12-8-18)29-14-4-13-27-29/h2-8,11-14,19,23,31H,9-10,15-17H2,1H3,(H,26,30). The molecule has 0 radical (unpaired) electrons. The number of hydrogen-bond acceptors (Lipinski definition) is 5. The molecule has 2 atom stereocenters. The van der Waals surface area contributed by atoms with Gasteiger partial charge in [0.05, 0.1) is 23.5 Å². The minimum Gasteiger partial charge on any atom is -0.477 e. The average molecular weight is 433 g/mol. The predicted octanol–water partition coefficient (Wildman–Crippen LogP) is 2.92. The highest BCUT2D eigenvalue weighted by Gasteiger charge is 2.40. The van der Waals surface area contributed by atoms with Gasteiger partial charge in [-0.25, -0.2) is 4.68 Å². The van der Waals surface area contributed by atoms with E-state index in [1.54, 1.807) is 13.1 Å². The van der Waals surface area contributed by atoms with Crippen LogP contribution in [0.2, 0.25) is 0 Å². The van der Waals surface area contributed by atoms with Crippen LogP contribution < -0.4 is 15.0 Å². The molecule has 32 heavy (non-hydrogen) atoms. The second-order valence-corrected chi connectivity index (χ2v) is 8.92. The van der Waals surface area contributed by atoms with Crippen LogP contribution in [0.3, 0.4) is 0 Å². The highest BCUT2D eigenvalue weighted by molar-refractivity contribution is 5.83. The van der Waals surface area contributed by atoms with Crippen molar-refractivity contribution >= 4 is 11.6 Å². The van der Waals surface area contributed by atoms with E-state index in [1.165, 1.54) is 0 Å². The molecular formula is C25H28N4O3. The molecule has 0 spiro atoms. The molecule has 2 aromatic carbocycles. The first kappa shape index (κ1) is 20.6. The number of amides is 1. The van der Waals surface area contributed by atoms with Crippen LogP contribution in [0.25, 0.3) is 5.69 Å². The molecule has 1 aliphatic heterocycles. The first-order valence-corrected chi connectivity index (χ1v) is 11.1. The third-order valence-electron chi connectivity index (χ3n) is 6.31.